The third-order valence-corrected chi connectivity index (χ3v) is 10.5. The summed E-state index contributed by atoms with van der Waals surface area (Å²) in [6.45, 7) is 0. The predicted octanol–water partition coefficient (Wildman–Crippen LogP) is 8.24. The number of rotatable bonds is 3. The number of fused-ring (bicyclic) bond motifs is 4. The van der Waals surface area contributed by atoms with Crippen LogP contribution in [0.25, 0.3) is 32.4 Å². The maximum Gasteiger partial charge on any atom is 0.173 e. The minimum absolute atomic E-state index is 0.878. The summed E-state index contributed by atoms with van der Waals surface area (Å²) < 4.78 is 16.0. The first-order chi connectivity index (χ1) is 17.7. The Balaban J connectivity index is 1.67. The predicted molar refractivity (Wildman–Crippen MR) is 154 cm³/mol. The van der Waals surface area contributed by atoms with Crippen LogP contribution in [0.2, 0.25) is 0 Å². The molecule has 1 unspecified atom stereocenters. The highest BCUT2D eigenvalue weighted by molar-refractivity contribution is 7.89. The fourth-order valence-corrected chi connectivity index (χ4v) is 9.13. The van der Waals surface area contributed by atoms with Crippen molar-refractivity contribution < 1.29 is 4.57 Å². The highest BCUT2D eigenvalue weighted by atomic mass is 31.2. The Labute approximate surface area is 210 Å². The molecule has 0 saturated heterocycles. The first-order valence-electron chi connectivity index (χ1n) is 12.2. The molecular weight excluding hydrogens is 455 g/mol. The molecule has 0 radical (unpaired) electrons. The van der Waals surface area contributed by atoms with Crippen LogP contribution in [0.5, 0.6) is 0 Å². The summed E-state index contributed by atoms with van der Waals surface area (Å²) in [6, 6.07) is 48.0. The summed E-state index contributed by atoms with van der Waals surface area (Å²) >= 11 is 0. The molecule has 1 nitrogen and oxygen atoms in total. The zero-order valence-electron chi connectivity index (χ0n) is 19.6. The molecule has 36 heavy (non-hydrogen) atoms. The summed E-state index contributed by atoms with van der Waals surface area (Å²) in [6.07, 6.45) is 0. The van der Waals surface area contributed by atoms with E-state index in [0.29, 0.717) is 0 Å². The smallest absolute Gasteiger partial charge is 0.173 e. The molecule has 6 aromatic rings. The van der Waals surface area contributed by atoms with Gasteiger partial charge in [0.2, 0.25) is 0 Å². The molecule has 0 saturated carbocycles. The Kier molecular flexibility index (Phi) is 4.81. The fraction of sp³-hybridized carbons (Fsp3) is 0. The summed E-state index contributed by atoms with van der Waals surface area (Å²) in [7, 11) is -3.24. The van der Waals surface area contributed by atoms with E-state index in [2.05, 4.69) is 97.1 Å². The zero-order chi connectivity index (χ0) is 24.1. The van der Waals surface area contributed by atoms with Gasteiger partial charge in [0.15, 0.2) is 7.14 Å². The lowest BCUT2D eigenvalue weighted by Crippen LogP contribution is -2.17. The third-order valence-electron chi connectivity index (χ3n) is 7.24. The van der Waals surface area contributed by atoms with Crippen molar-refractivity contribution in [1.82, 2.24) is 0 Å². The minimum Gasteiger partial charge on any atom is -0.309 e. The van der Waals surface area contributed by atoms with Gasteiger partial charge in [0.05, 0.1) is 0 Å². The van der Waals surface area contributed by atoms with Crippen LogP contribution in [0, 0.1) is 0 Å². The number of hydrogen-bond acceptors (Lipinski definition) is 1. The van der Waals surface area contributed by atoms with Crippen LogP contribution in [0.3, 0.4) is 0 Å². The molecule has 0 bridgehead atoms. The largest absolute Gasteiger partial charge is 0.309 e. The molecule has 1 aliphatic heterocycles. The van der Waals surface area contributed by atoms with Gasteiger partial charge < -0.3 is 4.57 Å². The van der Waals surface area contributed by atoms with Crippen molar-refractivity contribution >= 4 is 50.2 Å². The van der Waals surface area contributed by atoms with Crippen molar-refractivity contribution in [3.8, 4) is 0 Å². The second-order valence-corrected chi connectivity index (χ2v) is 11.9. The van der Waals surface area contributed by atoms with E-state index in [1.165, 1.54) is 0 Å². The van der Waals surface area contributed by atoms with Crippen LogP contribution in [0.4, 0.5) is 0 Å². The molecule has 0 spiro atoms. The van der Waals surface area contributed by atoms with Gasteiger partial charge in [0.25, 0.3) is 0 Å². The second-order valence-electron chi connectivity index (χ2n) is 9.28. The lowest BCUT2D eigenvalue weighted by Gasteiger charge is -2.21. The molecular formula is C34H23OP. The van der Waals surface area contributed by atoms with E-state index in [1.807, 2.05) is 42.5 Å². The molecule has 7 rings (SSSR count). The van der Waals surface area contributed by atoms with Crippen LogP contribution < -0.4 is 10.6 Å². The van der Waals surface area contributed by atoms with Crippen molar-refractivity contribution in [3.05, 3.63) is 156 Å². The van der Waals surface area contributed by atoms with Crippen molar-refractivity contribution in [3.63, 3.8) is 0 Å². The number of benzene rings is 6. The SMILES string of the molecule is O=P1(c2ccc3ccccc3c2)C(c2ccccc2)=C(c2ccccc2)c2ccc3ccccc3c21. The first kappa shape index (κ1) is 21.1. The molecule has 1 heterocycles. The van der Waals surface area contributed by atoms with Gasteiger partial charge >= 0.3 is 0 Å². The summed E-state index contributed by atoms with van der Waals surface area (Å²) in [5.41, 5.74) is 4.23. The molecule has 0 amide bonds. The fourth-order valence-electron chi connectivity index (χ4n) is 5.64. The Hall–Kier alpha value is -4.19. The van der Waals surface area contributed by atoms with Crippen LogP contribution >= 0.6 is 7.14 Å². The van der Waals surface area contributed by atoms with E-state index in [9.17, 15) is 0 Å². The topological polar surface area (TPSA) is 17.1 Å². The Morgan fingerprint density at radius 1 is 0.472 bits per heavy atom. The Morgan fingerprint density at radius 2 is 1.06 bits per heavy atom. The van der Waals surface area contributed by atoms with Crippen molar-refractivity contribution in [2.75, 3.05) is 0 Å². The first-order valence-corrected chi connectivity index (χ1v) is 13.9. The van der Waals surface area contributed by atoms with Crippen LogP contribution in [0.1, 0.15) is 16.7 Å². The molecule has 1 atom stereocenters. The highest BCUT2D eigenvalue weighted by Gasteiger charge is 2.44. The standard InChI is InChI=1S/C34H23OP/c35-36(29-21-19-24-11-7-8-17-28(24)23-29)33(27-15-5-2-6-16-27)32(26-13-3-1-4-14-26)31-22-20-25-12-9-10-18-30(25)34(31)36/h1-23H. The van der Waals surface area contributed by atoms with Crippen molar-refractivity contribution in [2.45, 2.75) is 0 Å². The van der Waals surface area contributed by atoms with Gasteiger partial charge in [-0.05, 0) is 44.3 Å². The van der Waals surface area contributed by atoms with Gasteiger partial charge in [-0.25, -0.2) is 0 Å². The van der Waals surface area contributed by atoms with Gasteiger partial charge in [-0.2, -0.15) is 0 Å². The molecule has 0 N–H and O–H groups in total. The Morgan fingerprint density at radius 3 is 1.81 bits per heavy atom. The van der Waals surface area contributed by atoms with E-state index in [-0.39, 0.29) is 0 Å². The maximum atomic E-state index is 16.0. The highest BCUT2D eigenvalue weighted by Crippen LogP contribution is 2.66. The molecule has 0 aliphatic carbocycles. The summed E-state index contributed by atoms with van der Waals surface area (Å²) in [5, 5.41) is 7.18. The zero-order valence-corrected chi connectivity index (χ0v) is 20.5. The minimum atomic E-state index is -3.24. The summed E-state index contributed by atoms with van der Waals surface area (Å²) in [5.74, 6) is 0. The van der Waals surface area contributed by atoms with Crippen LogP contribution in [0.15, 0.2) is 140 Å². The van der Waals surface area contributed by atoms with E-state index >= 15 is 4.57 Å². The average molecular weight is 479 g/mol. The van der Waals surface area contributed by atoms with Gasteiger partial charge in [-0.3, -0.25) is 0 Å². The number of hydrogen-bond donors (Lipinski definition) is 0. The van der Waals surface area contributed by atoms with E-state index in [4.69, 9.17) is 0 Å². The molecule has 170 valence electrons. The lowest BCUT2D eigenvalue weighted by molar-refractivity contribution is 0.593. The maximum absolute atomic E-state index is 16.0. The van der Waals surface area contributed by atoms with Crippen LogP contribution in [-0.4, -0.2) is 0 Å². The lowest BCUT2D eigenvalue weighted by atomic mass is 9.94. The van der Waals surface area contributed by atoms with Gasteiger partial charge in [-0.15, -0.1) is 0 Å². The quantitative estimate of drug-likeness (QED) is 0.234. The van der Waals surface area contributed by atoms with Gasteiger partial charge in [0, 0.05) is 21.5 Å². The average Bonchev–Trinajstić information content (AvgIpc) is 3.23. The molecule has 0 aromatic heterocycles. The van der Waals surface area contributed by atoms with E-state index < -0.39 is 7.14 Å². The van der Waals surface area contributed by atoms with Crippen molar-refractivity contribution in [2.24, 2.45) is 0 Å². The Bertz CT molecular complexity index is 1850. The monoisotopic (exact) mass is 478 g/mol. The summed E-state index contributed by atoms with van der Waals surface area (Å²) in [4.78, 5) is 0. The van der Waals surface area contributed by atoms with Crippen molar-refractivity contribution in [1.29, 1.82) is 0 Å². The van der Waals surface area contributed by atoms with Crippen LogP contribution in [-0.2, 0) is 4.57 Å². The van der Waals surface area contributed by atoms with Gasteiger partial charge in [-0.1, -0.05) is 133 Å². The second kappa shape index (κ2) is 8.19. The van der Waals surface area contributed by atoms with Gasteiger partial charge in [0.1, 0.15) is 0 Å². The third kappa shape index (κ3) is 3.07. The molecule has 1 aliphatic rings. The molecule has 2 heteroatoms. The van der Waals surface area contributed by atoms with E-state index in [0.717, 1.165) is 59.7 Å². The van der Waals surface area contributed by atoms with E-state index in [1.54, 1.807) is 0 Å². The molecule has 0 fully saturated rings. The molecule has 6 aromatic carbocycles. The normalized spacial score (nSPS) is 17.0.